The van der Waals surface area contributed by atoms with Gasteiger partial charge >= 0.3 is 0 Å². The summed E-state index contributed by atoms with van der Waals surface area (Å²) in [6, 6.07) is 0.898. The first kappa shape index (κ1) is 3.36. The Labute approximate surface area is 41.9 Å². The Morgan fingerprint density at radius 2 is 1.71 bits per heavy atom. The fourth-order valence-electron chi connectivity index (χ4n) is 1.00. The number of nitrogens with zero attached hydrogens (tertiary/aromatic N) is 2. The largest absolute Gasteiger partial charge is 0.186 e. The second-order valence-electron chi connectivity index (χ2n) is 1.99. The maximum absolute atomic E-state index is 3.94. The van der Waals surface area contributed by atoms with Crippen LogP contribution in [0.4, 0.5) is 0 Å². The van der Waals surface area contributed by atoms with E-state index in [9.17, 15) is 0 Å². The van der Waals surface area contributed by atoms with Gasteiger partial charge in [-0.2, -0.15) is 10.2 Å². The molecule has 2 aliphatic rings. The molecule has 7 heavy (non-hydrogen) atoms. The van der Waals surface area contributed by atoms with Gasteiger partial charge in [-0.1, -0.05) is 12.2 Å². The molecule has 2 unspecified atom stereocenters. The van der Waals surface area contributed by atoms with Crippen molar-refractivity contribution in [3.8, 4) is 0 Å². The lowest BCUT2D eigenvalue weighted by Crippen LogP contribution is -1.90. The van der Waals surface area contributed by atoms with Crippen molar-refractivity contribution in [3.05, 3.63) is 12.2 Å². The van der Waals surface area contributed by atoms with Gasteiger partial charge in [-0.25, -0.2) is 0 Å². The molecule has 0 saturated heterocycles. The topological polar surface area (TPSA) is 24.7 Å². The van der Waals surface area contributed by atoms with Gasteiger partial charge in [0.25, 0.3) is 0 Å². The predicted octanol–water partition coefficient (Wildman–Crippen LogP) is 1.15. The zero-order valence-electron chi connectivity index (χ0n) is 3.91. The average molecular weight is 94.1 g/mol. The molecule has 0 aromatic rings. The highest BCUT2D eigenvalue weighted by Gasteiger charge is 2.22. The minimum absolute atomic E-state index is 0.449. The van der Waals surface area contributed by atoms with Crippen molar-refractivity contribution >= 4 is 0 Å². The van der Waals surface area contributed by atoms with E-state index in [4.69, 9.17) is 0 Å². The second-order valence-corrected chi connectivity index (χ2v) is 1.99. The Hall–Kier alpha value is -0.660. The van der Waals surface area contributed by atoms with Crippen LogP contribution < -0.4 is 0 Å². The zero-order valence-corrected chi connectivity index (χ0v) is 3.91. The van der Waals surface area contributed by atoms with Crippen molar-refractivity contribution in [2.75, 3.05) is 0 Å². The summed E-state index contributed by atoms with van der Waals surface area (Å²) >= 11 is 0. The maximum atomic E-state index is 3.94. The normalized spacial score (nSPS) is 43.4. The third-order valence-corrected chi connectivity index (χ3v) is 1.40. The molecule has 36 valence electrons. The van der Waals surface area contributed by atoms with Crippen LogP contribution in [0.2, 0.25) is 0 Å². The van der Waals surface area contributed by atoms with E-state index in [1.807, 2.05) is 0 Å². The fraction of sp³-hybridized carbons (Fsp3) is 0.600. The molecule has 0 fully saturated rings. The first-order valence-corrected chi connectivity index (χ1v) is 2.53. The van der Waals surface area contributed by atoms with Crippen LogP contribution in [0.1, 0.15) is 6.42 Å². The Morgan fingerprint density at radius 3 is 1.86 bits per heavy atom. The summed E-state index contributed by atoms with van der Waals surface area (Å²) in [6.07, 6.45) is 5.38. The molecule has 0 N–H and O–H groups in total. The van der Waals surface area contributed by atoms with Crippen LogP contribution in [-0.2, 0) is 0 Å². The maximum Gasteiger partial charge on any atom is 0.0913 e. The Bertz CT molecular complexity index is 109. The number of azo groups is 1. The minimum atomic E-state index is 0.449. The molecule has 1 aliphatic carbocycles. The Balaban J connectivity index is 2.38. The SMILES string of the molecule is C1=CC2CC1N=N2. The monoisotopic (exact) mass is 94.1 g/mol. The van der Waals surface area contributed by atoms with E-state index >= 15 is 0 Å². The van der Waals surface area contributed by atoms with Crippen LogP contribution in [0, 0.1) is 0 Å². The van der Waals surface area contributed by atoms with Gasteiger partial charge in [0.05, 0.1) is 12.1 Å². The van der Waals surface area contributed by atoms with Gasteiger partial charge in [0, 0.05) is 6.42 Å². The molecule has 0 radical (unpaired) electrons. The van der Waals surface area contributed by atoms with Crippen molar-refractivity contribution in [3.63, 3.8) is 0 Å². The number of hydrogen-bond acceptors (Lipinski definition) is 2. The lowest BCUT2D eigenvalue weighted by atomic mass is 10.2. The molecule has 2 atom stereocenters. The van der Waals surface area contributed by atoms with Gasteiger partial charge in [-0.3, -0.25) is 0 Å². The molecule has 0 spiro atoms. The summed E-state index contributed by atoms with van der Waals surface area (Å²) in [7, 11) is 0. The smallest absolute Gasteiger partial charge is 0.0913 e. The van der Waals surface area contributed by atoms with E-state index in [1.165, 1.54) is 0 Å². The highest BCUT2D eigenvalue weighted by atomic mass is 15.2. The molecular weight excluding hydrogens is 88.1 g/mol. The van der Waals surface area contributed by atoms with Gasteiger partial charge in [-0.05, 0) is 0 Å². The quantitative estimate of drug-likeness (QED) is 0.402. The first-order valence-electron chi connectivity index (χ1n) is 2.53. The molecule has 0 aromatic heterocycles. The lowest BCUT2D eigenvalue weighted by molar-refractivity contribution is 0.819. The van der Waals surface area contributed by atoms with Crippen molar-refractivity contribution in [1.29, 1.82) is 0 Å². The average Bonchev–Trinajstić information content (AvgIpc) is 2.22. The summed E-state index contributed by atoms with van der Waals surface area (Å²) in [5.74, 6) is 0. The van der Waals surface area contributed by atoms with Gasteiger partial charge in [0.2, 0.25) is 0 Å². The fourth-order valence-corrected chi connectivity index (χ4v) is 1.00. The highest BCUT2D eigenvalue weighted by Crippen LogP contribution is 2.23. The van der Waals surface area contributed by atoms with Crippen LogP contribution >= 0.6 is 0 Å². The van der Waals surface area contributed by atoms with Crippen molar-refractivity contribution in [1.82, 2.24) is 0 Å². The summed E-state index contributed by atoms with van der Waals surface area (Å²) < 4.78 is 0. The van der Waals surface area contributed by atoms with Crippen LogP contribution in [0.25, 0.3) is 0 Å². The predicted molar refractivity (Wildman–Crippen MR) is 26.2 cm³/mol. The third kappa shape index (κ3) is 0.335. The first-order chi connectivity index (χ1) is 3.45. The molecule has 2 rings (SSSR count). The standard InChI is InChI=1S/C5H6N2/c1-2-5-3-4(1)6-7-5/h1-2,4-5H,3H2. The van der Waals surface area contributed by atoms with Gasteiger partial charge in [0.1, 0.15) is 0 Å². The number of hydrogen-bond donors (Lipinski definition) is 0. The van der Waals surface area contributed by atoms with Gasteiger partial charge < -0.3 is 0 Å². The van der Waals surface area contributed by atoms with E-state index < -0.39 is 0 Å². The molecule has 1 heterocycles. The summed E-state index contributed by atoms with van der Waals surface area (Å²) in [5, 5.41) is 7.88. The zero-order chi connectivity index (χ0) is 4.69. The van der Waals surface area contributed by atoms with Crippen LogP contribution in [-0.4, -0.2) is 12.1 Å². The molecule has 0 saturated carbocycles. The molecule has 2 bridgehead atoms. The van der Waals surface area contributed by atoms with E-state index in [2.05, 4.69) is 22.4 Å². The summed E-state index contributed by atoms with van der Waals surface area (Å²) in [5.41, 5.74) is 0. The molecule has 2 heteroatoms. The van der Waals surface area contributed by atoms with E-state index in [-0.39, 0.29) is 0 Å². The van der Waals surface area contributed by atoms with Gasteiger partial charge in [-0.15, -0.1) is 0 Å². The highest BCUT2D eigenvalue weighted by molar-refractivity contribution is 5.12. The summed E-state index contributed by atoms with van der Waals surface area (Å²) in [4.78, 5) is 0. The molecule has 0 aromatic carbocycles. The number of rotatable bonds is 0. The Morgan fingerprint density at radius 1 is 1.14 bits per heavy atom. The summed E-state index contributed by atoms with van der Waals surface area (Å²) in [6.45, 7) is 0. The molecule has 1 aliphatic heterocycles. The molecule has 2 nitrogen and oxygen atoms in total. The van der Waals surface area contributed by atoms with Crippen molar-refractivity contribution in [2.24, 2.45) is 10.2 Å². The van der Waals surface area contributed by atoms with E-state index in [0.29, 0.717) is 12.1 Å². The van der Waals surface area contributed by atoms with Crippen LogP contribution in [0.15, 0.2) is 22.4 Å². The van der Waals surface area contributed by atoms with Crippen LogP contribution in [0.3, 0.4) is 0 Å². The lowest BCUT2D eigenvalue weighted by Gasteiger charge is -1.86. The molecular formula is C5H6N2. The third-order valence-electron chi connectivity index (χ3n) is 1.40. The second kappa shape index (κ2) is 0.941. The van der Waals surface area contributed by atoms with Gasteiger partial charge in [0.15, 0.2) is 0 Å². The van der Waals surface area contributed by atoms with Crippen molar-refractivity contribution < 1.29 is 0 Å². The van der Waals surface area contributed by atoms with E-state index in [1.54, 1.807) is 0 Å². The number of fused-ring (bicyclic) bond motifs is 2. The minimum Gasteiger partial charge on any atom is -0.186 e. The van der Waals surface area contributed by atoms with Crippen molar-refractivity contribution in [2.45, 2.75) is 18.5 Å². The van der Waals surface area contributed by atoms with E-state index in [0.717, 1.165) is 6.42 Å². The molecule has 0 amide bonds. The Kier molecular flexibility index (Phi) is 0.451. The van der Waals surface area contributed by atoms with Crippen LogP contribution in [0.5, 0.6) is 0 Å².